The van der Waals surface area contributed by atoms with Crippen molar-refractivity contribution in [2.45, 2.75) is 12.4 Å². The van der Waals surface area contributed by atoms with Crippen molar-refractivity contribution in [3.05, 3.63) is 50.7 Å². The van der Waals surface area contributed by atoms with E-state index in [0.717, 1.165) is 4.88 Å². The Morgan fingerprint density at radius 2 is 1.84 bits per heavy atom. The maximum absolute atomic E-state index is 13.9. The summed E-state index contributed by atoms with van der Waals surface area (Å²) in [6.07, 6.45) is 0. The molecule has 0 N–H and O–H groups in total. The number of hydrogen-bond acceptors (Lipinski definition) is 2. The van der Waals surface area contributed by atoms with E-state index in [1.807, 2.05) is 6.07 Å². The summed E-state index contributed by atoms with van der Waals surface area (Å²) in [5.41, 5.74) is 0.367. The van der Waals surface area contributed by atoms with Crippen molar-refractivity contribution in [1.29, 1.82) is 0 Å². The van der Waals surface area contributed by atoms with Crippen LogP contribution in [0.3, 0.4) is 0 Å². The third-order valence-corrected chi connectivity index (χ3v) is 4.16. The van der Waals surface area contributed by atoms with Crippen molar-refractivity contribution < 1.29 is 8.78 Å². The van der Waals surface area contributed by atoms with Crippen LogP contribution in [-0.2, 0) is 12.4 Å². The van der Waals surface area contributed by atoms with Gasteiger partial charge in [0.1, 0.15) is 17.3 Å². The first-order valence-electron chi connectivity index (χ1n) is 5.50. The van der Waals surface area contributed by atoms with Gasteiger partial charge in [-0.15, -0.1) is 22.9 Å². The van der Waals surface area contributed by atoms with Gasteiger partial charge in [-0.25, -0.2) is 8.78 Å². The number of rotatable bonds is 4. The molecule has 0 spiro atoms. The Hall–Kier alpha value is -0.840. The van der Waals surface area contributed by atoms with Crippen molar-refractivity contribution in [2.24, 2.45) is 0 Å². The van der Waals surface area contributed by atoms with E-state index >= 15 is 0 Å². The van der Waals surface area contributed by atoms with Crippen molar-refractivity contribution in [1.82, 2.24) is 0 Å². The Morgan fingerprint density at radius 3 is 2.32 bits per heavy atom. The number of alkyl halides is 1. The van der Waals surface area contributed by atoms with Gasteiger partial charge in [0.05, 0.1) is 10.9 Å². The van der Waals surface area contributed by atoms with Gasteiger partial charge in [-0.05, 0) is 29.8 Å². The molecule has 1 aromatic heterocycles. The number of hydrogen-bond donors (Lipinski definition) is 0. The zero-order valence-corrected chi connectivity index (χ0v) is 12.4. The lowest BCUT2D eigenvalue weighted by Crippen LogP contribution is -2.18. The number of thiophene rings is 1. The number of nitrogens with zero attached hydrogens (tertiary/aromatic N) is 1. The lowest BCUT2D eigenvalue weighted by molar-refractivity contribution is 0.575. The summed E-state index contributed by atoms with van der Waals surface area (Å²) >= 11 is 12.8. The van der Waals surface area contributed by atoms with Crippen LogP contribution in [0.15, 0.2) is 24.3 Å². The van der Waals surface area contributed by atoms with Crippen LogP contribution >= 0.6 is 34.5 Å². The third-order valence-electron chi connectivity index (χ3n) is 2.63. The van der Waals surface area contributed by atoms with Crippen LogP contribution < -0.4 is 4.90 Å². The predicted molar refractivity (Wildman–Crippen MR) is 77.4 cm³/mol. The molecule has 1 nitrogen and oxygen atoms in total. The fourth-order valence-corrected chi connectivity index (χ4v) is 3.10. The zero-order chi connectivity index (χ0) is 14.0. The molecule has 0 saturated heterocycles. The summed E-state index contributed by atoms with van der Waals surface area (Å²) < 4.78 is 28.4. The number of halogens is 4. The fraction of sp³-hybridized carbons (Fsp3) is 0.231. The summed E-state index contributed by atoms with van der Waals surface area (Å²) in [5.74, 6) is -1.14. The molecule has 0 aliphatic rings. The number of anilines is 1. The molecule has 0 fully saturated rings. The van der Waals surface area contributed by atoms with Crippen LogP contribution in [0.1, 0.15) is 10.4 Å². The molecule has 0 amide bonds. The van der Waals surface area contributed by atoms with Crippen LogP contribution in [0.5, 0.6) is 0 Å². The van der Waals surface area contributed by atoms with Crippen LogP contribution in [0.2, 0.25) is 4.34 Å². The third kappa shape index (κ3) is 3.38. The van der Waals surface area contributed by atoms with Crippen LogP contribution in [0.4, 0.5) is 14.5 Å². The minimum Gasteiger partial charge on any atom is -0.365 e. The van der Waals surface area contributed by atoms with E-state index in [4.69, 9.17) is 23.2 Å². The Kier molecular flexibility index (Phi) is 4.66. The standard InChI is InChI=1S/C13H11Cl2F2NS/c1-18(7-9-2-3-12(15)19-9)13-10(16)4-8(6-14)5-11(13)17/h2-5H,6-7H2,1H3. The fourth-order valence-electron chi connectivity index (χ4n) is 1.81. The highest BCUT2D eigenvalue weighted by molar-refractivity contribution is 7.16. The lowest BCUT2D eigenvalue weighted by atomic mass is 10.2. The van der Waals surface area contributed by atoms with E-state index < -0.39 is 11.6 Å². The van der Waals surface area contributed by atoms with E-state index in [1.165, 1.54) is 28.4 Å². The first-order chi connectivity index (χ1) is 9.01. The maximum atomic E-state index is 13.9. The van der Waals surface area contributed by atoms with Crippen molar-refractivity contribution in [3.63, 3.8) is 0 Å². The van der Waals surface area contributed by atoms with Crippen molar-refractivity contribution in [3.8, 4) is 0 Å². The van der Waals surface area contributed by atoms with Gasteiger partial charge in [-0.1, -0.05) is 11.6 Å². The van der Waals surface area contributed by atoms with Crippen molar-refractivity contribution in [2.75, 3.05) is 11.9 Å². The summed E-state index contributed by atoms with van der Waals surface area (Å²) in [6.45, 7) is 0.394. The first-order valence-corrected chi connectivity index (χ1v) is 7.23. The molecule has 6 heteroatoms. The molecule has 2 rings (SSSR count). The molecule has 19 heavy (non-hydrogen) atoms. The molecule has 2 aromatic rings. The van der Waals surface area contributed by atoms with Gasteiger partial charge < -0.3 is 4.90 Å². The minimum atomic E-state index is -0.610. The van der Waals surface area contributed by atoms with E-state index in [-0.39, 0.29) is 11.6 Å². The molecule has 0 bridgehead atoms. The van der Waals surface area contributed by atoms with E-state index in [1.54, 1.807) is 13.1 Å². The Labute approximate surface area is 124 Å². The van der Waals surface area contributed by atoms with Crippen LogP contribution in [0, 0.1) is 11.6 Å². The van der Waals surface area contributed by atoms with Gasteiger partial charge in [-0.3, -0.25) is 0 Å². The molecule has 0 aliphatic carbocycles. The molecule has 1 aromatic carbocycles. The van der Waals surface area contributed by atoms with Gasteiger partial charge in [0.2, 0.25) is 0 Å². The predicted octanol–water partition coefficient (Wildman–Crippen LogP) is 5.05. The van der Waals surface area contributed by atoms with Gasteiger partial charge in [0, 0.05) is 17.8 Å². The molecule has 102 valence electrons. The van der Waals surface area contributed by atoms with Gasteiger partial charge in [-0.2, -0.15) is 0 Å². The van der Waals surface area contributed by atoms with Gasteiger partial charge in [0.15, 0.2) is 0 Å². The van der Waals surface area contributed by atoms with E-state index in [9.17, 15) is 8.78 Å². The Morgan fingerprint density at radius 1 is 1.21 bits per heavy atom. The zero-order valence-electron chi connectivity index (χ0n) is 10.1. The average molecular weight is 322 g/mol. The molecule has 0 unspecified atom stereocenters. The second-order valence-electron chi connectivity index (χ2n) is 4.10. The number of benzene rings is 1. The topological polar surface area (TPSA) is 3.24 Å². The minimum absolute atomic E-state index is 0.0570. The molecular weight excluding hydrogens is 311 g/mol. The first kappa shape index (κ1) is 14.6. The Bertz CT molecular complexity index is 563. The molecule has 0 radical (unpaired) electrons. The lowest BCUT2D eigenvalue weighted by Gasteiger charge is -2.20. The SMILES string of the molecule is CN(Cc1ccc(Cl)s1)c1c(F)cc(CCl)cc1F. The molecule has 0 atom stereocenters. The van der Waals surface area contributed by atoms with E-state index in [2.05, 4.69) is 0 Å². The second kappa shape index (κ2) is 6.07. The average Bonchev–Trinajstić information content (AvgIpc) is 2.73. The molecular formula is C13H11Cl2F2NS. The Balaban J connectivity index is 2.26. The van der Waals surface area contributed by atoms with Crippen LogP contribution in [0.25, 0.3) is 0 Å². The molecule has 1 heterocycles. The van der Waals surface area contributed by atoms with Crippen molar-refractivity contribution >= 4 is 40.2 Å². The summed E-state index contributed by atoms with van der Waals surface area (Å²) in [4.78, 5) is 2.46. The highest BCUT2D eigenvalue weighted by Gasteiger charge is 2.16. The maximum Gasteiger partial charge on any atom is 0.149 e. The smallest absolute Gasteiger partial charge is 0.149 e. The highest BCUT2D eigenvalue weighted by atomic mass is 35.5. The summed E-state index contributed by atoms with van der Waals surface area (Å²) in [5, 5.41) is 0. The molecule has 0 aliphatic heterocycles. The van der Waals surface area contributed by atoms with Gasteiger partial charge in [0.25, 0.3) is 0 Å². The largest absolute Gasteiger partial charge is 0.365 e. The van der Waals surface area contributed by atoms with Gasteiger partial charge >= 0.3 is 0 Å². The molecule has 0 saturated carbocycles. The normalized spacial score (nSPS) is 10.8. The monoisotopic (exact) mass is 321 g/mol. The second-order valence-corrected chi connectivity index (χ2v) is 6.17. The summed E-state index contributed by atoms with van der Waals surface area (Å²) in [7, 11) is 1.63. The quantitative estimate of drug-likeness (QED) is 0.712. The summed E-state index contributed by atoms with van der Waals surface area (Å²) in [6, 6.07) is 6.11. The van der Waals surface area contributed by atoms with E-state index in [0.29, 0.717) is 16.4 Å². The van der Waals surface area contributed by atoms with Crippen LogP contribution in [-0.4, -0.2) is 7.05 Å². The highest BCUT2D eigenvalue weighted by Crippen LogP contribution is 2.28.